The van der Waals surface area contributed by atoms with Gasteiger partial charge in [0.1, 0.15) is 10.8 Å². The molecular weight excluding hydrogens is 374 g/mol. The highest BCUT2D eigenvalue weighted by atomic mass is 35.5. The lowest BCUT2D eigenvalue weighted by atomic mass is 9.53. The molecule has 4 aliphatic carbocycles. The fourth-order valence-corrected chi connectivity index (χ4v) is 6.39. The van der Waals surface area contributed by atoms with Crippen LogP contribution in [0.1, 0.15) is 44.1 Å². The fourth-order valence-electron chi connectivity index (χ4n) is 6.20. The SMILES string of the molecule is COc1cccc(CNc2cnn(C34CC5CC(CC(C5)C3)C4)c(=O)c2Cl)c1. The zero-order chi connectivity index (χ0) is 19.3. The van der Waals surface area contributed by atoms with Gasteiger partial charge in [-0.1, -0.05) is 23.7 Å². The van der Waals surface area contributed by atoms with Crippen LogP contribution in [0.4, 0.5) is 5.69 Å². The van der Waals surface area contributed by atoms with Crippen LogP contribution in [0.2, 0.25) is 5.02 Å². The number of rotatable bonds is 5. The molecule has 6 rings (SSSR count). The summed E-state index contributed by atoms with van der Waals surface area (Å²) in [4.78, 5) is 13.1. The van der Waals surface area contributed by atoms with Crippen LogP contribution >= 0.6 is 11.6 Å². The fraction of sp³-hybridized carbons (Fsp3) is 0.545. The van der Waals surface area contributed by atoms with E-state index in [2.05, 4.69) is 10.4 Å². The first-order valence-corrected chi connectivity index (χ1v) is 10.6. The molecule has 148 valence electrons. The third-order valence-electron chi connectivity index (χ3n) is 6.99. The van der Waals surface area contributed by atoms with E-state index in [9.17, 15) is 4.79 Å². The van der Waals surface area contributed by atoms with E-state index < -0.39 is 0 Å². The summed E-state index contributed by atoms with van der Waals surface area (Å²) in [5.74, 6) is 3.07. The summed E-state index contributed by atoms with van der Waals surface area (Å²) >= 11 is 6.50. The topological polar surface area (TPSA) is 56.1 Å². The first kappa shape index (κ1) is 18.0. The highest BCUT2D eigenvalue weighted by Gasteiger charge is 2.53. The van der Waals surface area contributed by atoms with Gasteiger partial charge in [0.2, 0.25) is 0 Å². The zero-order valence-electron chi connectivity index (χ0n) is 16.2. The predicted octanol–water partition coefficient (Wildman–Crippen LogP) is 4.44. The predicted molar refractivity (Wildman–Crippen MR) is 110 cm³/mol. The lowest BCUT2D eigenvalue weighted by molar-refractivity contribution is -0.0518. The Kier molecular flexibility index (Phi) is 4.38. The molecule has 6 heteroatoms. The van der Waals surface area contributed by atoms with E-state index in [1.165, 1.54) is 19.3 Å². The van der Waals surface area contributed by atoms with Gasteiger partial charge >= 0.3 is 0 Å². The van der Waals surface area contributed by atoms with Crippen LogP contribution in [0.15, 0.2) is 35.3 Å². The van der Waals surface area contributed by atoms with Crippen molar-refractivity contribution in [1.29, 1.82) is 0 Å². The highest BCUT2D eigenvalue weighted by molar-refractivity contribution is 6.32. The second kappa shape index (κ2) is 6.80. The number of anilines is 1. The molecule has 4 saturated carbocycles. The molecule has 4 bridgehead atoms. The van der Waals surface area contributed by atoms with E-state index in [1.807, 2.05) is 24.3 Å². The summed E-state index contributed by atoms with van der Waals surface area (Å²) < 4.78 is 7.00. The Morgan fingerprint density at radius 1 is 1.21 bits per heavy atom. The van der Waals surface area contributed by atoms with E-state index in [4.69, 9.17) is 16.3 Å². The molecule has 0 amide bonds. The molecule has 0 unspecified atom stereocenters. The number of hydrogen-bond acceptors (Lipinski definition) is 4. The number of aromatic nitrogens is 2. The quantitative estimate of drug-likeness (QED) is 0.807. The molecule has 0 radical (unpaired) electrons. The molecule has 0 atom stereocenters. The van der Waals surface area contributed by atoms with Gasteiger partial charge in [-0.15, -0.1) is 0 Å². The molecule has 1 aromatic heterocycles. The number of methoxy groups -OCH3 is 1. The van der Waals surface area contributed by atoms with Crippen LogP contribution in [-0.2, 0) is 12.1 Å². The van der Waals surface area contributed by atoms with Gasteiger partial charge in [0.15, 0.2) is 0 Å². The second-order valence-electron chi connectivity index (χ2n) is 8.94. The third-order valence-corrected chi connectivity index (χ3v) is 7.36. The molecule has 0 aliphatic heterocycles. The largest absolute Gasteiger partial charge is 0.497 e. The maximum atomic E-state index is 13.1. The van der Waals surface area contributed by atoms with Gasteiger partial charge < -0.3 is 10.1 Å². The van der Waals surface area contributed by atoms with Gasteiger partial charge in [-0.05, 0) is 74.0 Å². The summed E-state index contributed by atoms with van der Waals surface area (Å²) in [6, 6.07) is 7.82. The van der Waals surface area contributed by atoms with Gasteiger partial charge in [0, 0.05) is 6.54 Å². The molecule has 1 aromatic carbocycles. The maximum Gasteiger partial charge on any atom is 0.288 e. The van der Waals surface area contributed by atoms with Gasteiger partial charge in [0.05, 0.1) is 24.5 Å². The van der Waals surface area contributed by atoms with Crippen molar-refractivity contribution in [1.82, 2.24) is 9.78 Å². The molecule has 2 aromatic rings. The highest BCUT2D eigenvalue weighted by Crippen LogP contribution is 2.58. The van der Waals surface area contributed by atoms with Crippen molar-refractivity contribution in [3.8, 4) is 5.75 Å². The molecule has 0 spiro atoms. The minimum atomic E-state index is -0.153. The normalized spacial score (nSPS) is 30.4. The molecular formula is C22H26ClN3O2. The Morgan fingerprint density at radius 3 is 2.54 bits per heavy atom. The van der Waals surface area contributed by atoms with Crippen molar-refractivity contribution in [2.45, 2.75) is 50.6 Å². The molecule has 5 nitrogen and oxygen atoms in total. The van der Waals surface area contributed by atoms with E-state index in [0.29, 0.717) is 12.2 Å². The number of hydrogen-bond donors (Lipinski definition) is 1. The summed E-state index contributed by atoms with van der Waals surface area (Å²) in [7, 11) is 1.65. The zero-order valence-corrected chi connectivity index (χ0v) is 16.9. The lowest BCUT2D eigenvalue weighted by Gasteiger charge is -2.56. The summed E-state index contributed by atoms with van der Waals surface area (Å²) in [6.07, 6.45) is 8.98. The molecule has 28 heavy (non-hydrogen) atoms. The average molecular weight is 400 g/mol. The van der Waals surface area contributed by atoms with Crippen molar-refractivity contribution < 1.29 is 4.74 Å². The van der Waals surface area contributed by atoms with Crippen molar-refractivity contribution in [3.63, 3.8) is 0 Å². The Morgan fingerprint density at radius 2 is 1.89 bits per heavy atom. The van der Waals surface area contributed by atoms with Crippen molar-refractivity contribution >= 4 is 17.3 Å². The molecule has 0 saturated heterocycles. The molecule has 1 N–H and O–H groups in total. The Bertz CT molecular complexity index is 920. The van der Waals surface area contributed by atoms with Gasteiger partial charge in [-0.25, -0.2) is 4.68 Å². The van der Waals surface area contributed by atoms with Crippen LogP contribution in [0.3, 0.4) is 0 Å². The first-order chi connectivity index (χ1) is 13.6. The van der Waals surface area contributed by atoms with Crippen molar-refractivity contribution in [3.05, 3.63) is 51.4 Å². The van der Waals surface area contributed by atoms with Crippen LogP contribution in [-0.4, -0.2) is 16.9 Å². The third kappa shape index (κ3) is 3.00. The van der Waals surface area contributed by atoms with Crippen LogP contribution in [0.25, 0.3) is 0 Å². The van der Waals surface area contributed by atoms with Gasteiger partial charge in [-0.3, -0.25) is 4.79 Å². The van der Waals surface area contributed by atoms with E-state index in [0.717, 1.165) is 48.3 Å². The summed E-state index contributed by atoms with van der Waals surface area (Å²) in [5.41, 5.74) is 1.39. The average Bonchev–Trinajstić information content (AvgIpc) is 2.68. The number of benzene rings is 1. The molecule has 1 heterocycles. The van der Waals surface area contributed by atoms with Crippen LogP contribution < -0.4 is 15.6 Å². The standard InChI is InChI=1S/C22H26ClN3O2/c1-28-18-4-2-3-14(8-18)12-24-19-13-25-26(21(27)20(19)23)22-9-15-5-16(10-22)7-17(6-15)11-22/h2-4,8,13,15-17,24H,5-7,9-12H2,1H3. The van der Waals surface area contributed by atoms with E-state index in [-0.39, 0.29) is 16.1 Å². The number of nitrogens with zero attached hydrogens (tertiary/aromatic N) is 2. The lowest BCUT2D eigenvalue weighted by Crippen LogP contribution is -2.55. The molecule has 4 fully saturated rings. The molecule has 4 aliphatic rings. The number of nitrogens with one attached hydrogen (secondary N) is 1. The summed E-state index contributed by atoms with van der Waals surface area (Å²) in [5, 5.41) is 8.11. The monoisotopic (exact) mass is 399 g/mol. The second-order valence-corrected chi connectivity index (χ2v) is 9.31. The van der Waals surface area contributed by atoms with Crippen molar-refractivity contribution in [2.75, 3.05) is 12.4 Å². The minimum absolute atomic E-state index is 0.110. The maximum absolute atomic E-state index is 13.1. The Labute approximate surface area is 170 Å². The number of halogens is 1. The Hall–Kier alpha value is -2.01. The summed E-state index contributed by atoms with van der Waals surface area (Å²) in [6.45, 7) is 0.555. The number of ether oxygens (including phenoxy) is 1. The minimum Gasteiger partial charge on any atom is -0.497 e. The van der Waals surface area contributed by atoms with Gasteiger partial charge in [-0.2, -0.15) is 5.10 Å². The smallest absolute Gasteiger partial charge is 0.288 e. The van der Waals surface area contributed by atoms with Crippen LogP contribution in [0.5, 0.6) is 5.75 Å². The van der Waals surface area contributed by atoms with Crippen molar-refractivity contribution in [2.24, 2.45) is 17.8 Å². The van der Waals surface area contributed by atoms with Crippen LogP contribution in [0, 0.1) is 17.8 Å². The van der Waals surface area contributed by atoms with Gasteiger partial charge in [0.25, 0.3) is 5.56 Å². The Balaban J connectivity index is 1.39. The van der Waals surface area contributed by atoms with E-state index in [1.54, 1.807) is 18.0 Å². The van der Waals surface area contributed by atoms with E-state index >= 15 is 0 Å². The first-order valence-electron chi connectivity index (χ1n) is 10.2.